The van der Waals surface area contributed by atoms with Crippen molar-refractivity contribution < 1.29 is 14.4 Å². The number of amides is 1. The number of fused-ring (bicyclic) bond motifs is 2. The molecule has 76 valence electrons. The molecule has 0 aromatic heterocycles. The van der Waals surface area contributed by atoms with Gasteiger partial charge in [0.25, 0.3) is 0 Å². The normalized spacial score (nSPS) is 39.1. The van der Waals surface area contributed by atoms with Gasteiger partial charge >= 0.3 is 0 Å². The Labute approximate surface area is 81.8 Å². The number of hydrogen-bond donors (Lipinski definition) is 1. The molecule has 2 unspecified atom stereocenters. The van der Waals surface area contributed by atoms with Gasteiger partial charge in [0, 0.05) is 5.92 Å². The Bertz CT molecular complexity index is 358. The monoisotopic (exact) mass is 195 g/mol. The molecule has 0 saturated heterocycles. The van der Waals surface area contributed by atoms with Crippen molar-refractivity contribution in [2.24, 2.45) is 22.5 Å². The predicted octanol–water partition coefficient (Wildman–Crippen LogP) is 0.0461. The van der Waals surface area contributed by atoms with Crippen LogP contribution in [0.1, 0.15) is 26.7 Å². The quantitative estimate of drug-likeness (QED) is 0.474. The first-order valence-corrected chi connectivity index (χ1v) is 4.74. The molecule has 2 aliphatic rings. The smallest absolute Gasteiger partial charge is 0.232 e. The molecule has 0 aromatic carbocycles. The van der Waals surface area contributed by atoms with Crippen LogP contribution < -0.4 is 5.73 Å². The van der Waals surface area contributed by atoms with Gasteiger partial charge < -0.3 is 5.73 Å². The van der Waals surface area contributed by atoms with Crippen molar-refractivity contribution in [2.75, 3.05) is 0 Å². The summed E-state index contributed by atoms with van der Waals surface area (Å²) in [6.07, 6.45) is 1.05. The lowest BCUT2D eigenvalue weighted by molar-refractivity contribution is -0.147. The SMILES string of the molecule is CC1(C)C2CCC1(C(N)=O)C(=O)C2=O. The van der Waals surface area contributed by atoms with Crippen molar-refractivity contribution in [1.82, 2.24) is 0 Å². The molecule has 4 heteroatoms. The van der Waals surface area contributed by atoms with Crippen LogP contribution in [0, 0.1) is 16.7 Å². The lowest BCUT2D eigenvalue weighted by Crippen LogP contribution is -2.48. The zero-order valence-electron chi connectivity index (χ0n) is 8.29. The molecule has 0 heterocycles. The summed E-state index contributed by atoms with van der Waals surface area (Å²) < 4.78 is 0. The van der Waals surface area contributed by atoms with Gasteiger partial charge in [-0.25, -0.2) is 0 Å². The second-order valence-electron chi connectivity index (χ2n) is 4.78. The van der Waals surface area contributed by atoms with Gasteiger partial charge in [0.15, 0.2) is 0 Å². The summed E-state index contributed by atoms with van der Waals surface area (Å²) >= 11 is 0. The van der Waals surface area contributed by atoms with E-state index in [0.717, 1.165) is 0 Å². The molecule has 4 nitrogen and oxygen atoms in total. The molecule has 2 saturated carbocycles. The lowest BCUT2D eigenvalue weighted by Gasteiger charge is -2.31. The van der Waals surface area contributed by atoms with Gasteiger partial charge in [-0.3, -0.25) is 14.4 Å². The fourth-order valence-electron chi connectivity index (χ4n) is 3.13. The second-order valence-corrected chi connectivity index (χ2v) is 4.78. The van der Waals surface area contributed by atoms with Crippen LogP contribution in [0.4, 0.5) is 0 Å². The standard InChI is InChI=1S/C10H13NO3/c1-9(2)5-3-4-10(9,8(11)14)7(13)6(5)12/h5H,3-4H2,1-2H3,(H2,11,14). The first-order valence-electron chi connectivity index (χ1n) is 4.74. The number of hydrogen-bond acceptors (Lipinski definition) is 3. The van der Waals surface area contributed by atoms with Crippen LogP contribution in [0.2, 0.25) is 0 Å². The Morgan fingerprint density at radius 1 is 1.43 bits per heavy atom. The van der Waals surface area contributed by atoms with E-state index < -0.39 is 28.3 Å². The predicted molar refractivity (Wildman–Crippen MR) is 48.1 cm³/mol. The largest absolute Gasteiger partial charge is 0.369 e. The van der Waals surface area contributed by atoms with Crippen molar-refractivity contribution in [3.63, 3.8) is 0 Å². The summed E-state index contributed by atoms with van der Waals surface area (Å²) in [4.78, 5) is 34.6. The highest BCUT2D eigenvalue weighted by Crippen LogP contribution is 2.62. The van der Waals surface area contributed by atoms with Crippen LogP contribution in [0.15, 0.2) is 0 Å². The molecule has 0 aromatic rings. The van der Waals surface area contributed by atoms with Crippen LogP contribution in [-0.2, 0) is 14.4 Å². The Kier molecular flexibility index (Phi) is 1.50. The second kappa shape index (κ2) is 2.24. The van der Waals surface area contributed by atoms with E-state index in [1.165, 1.54) is 0 Å². The Morgan fingerprint density at radius 2 is 2.00 bits per heavy atom. The minimum atomic E-state index is -1.21. The number of rotatable bonds is 1. The maximum atomic E-state index is 11.7. The van der Waals surface area contributed by atoms with E-state index in [4.69, 9.17) is 5.73 Å². The number of Topliss-reactive ketones (excluding diaryl/α,β-unsaturated/α-hetero) is 2. The third-order valence-electron chi connectivity index (χ3n) is 4.13. The summed E-state index contributed by atoms with van der Waals surface area (Å²) in [6, 6.07) is 0. The van der Waals surface area contributed by atoms with E-state index in [9.17, 15) is 14.4 Å². The number of carbonyl (C=O) groups is 3. The maximum absolute atomic E-state index is 11.7. The summed E-state index contributed by atoms with van der Waals surface area (Å²) in [5, 5.41) is 0. The van der Waals surface area contributed by atoms with Crippen LogP contribution in [-0.4, -0.2) is 17.5 Å². The average Bonchev–Trinajstić information content (AvgIpc) is 2.41. The molecule has 2 atom stereocenters. The van der Waals surface area contributed by atoms with E-state index in [0.29, 0.717) is 12.8 Å². The molecular formula is C10H13NO3. The van der Waals surface area contributed by atoms with Gasteiger partial charge in [-0.05, 0) is 18.3 Å². The molecule has 0 aliphatic heterocycles. The minimum absolute atomic E-state index is 0.303. The van der Waals surface area contributed by atoms with Gasteiger partial charge in [0.05, 0.1) is 0 Å². The zero-order valence-corrected chi connectivity index (χ0v) is 8.29. The van der Waals surface area contributed by atoms with Gasteiger partial charge in [-0.15, -0.1) is 0 Å². The van der Waals surface area contributed by atoms with Crippen molar-refractivity contribution >= 4 is 17.5 Å². The van der Waals surface area contributed by atoms with Crippen molar-refractivity contribution in [2.45, 2.75) is 26.7 Å². The maximum Gasteiger partial charge on any atom is 0.232 e. The molecular weight excluding hydrogens is 182 g/mol. The summed E-state index contributed by atoms with van der Waals surface area (Å²) in [7, 11) is 0. The highest BCUT2D eigenvalue weighted by atomic mass is 16.2. The molecule has 14 heavy (non-hydrogen) atoms. The topological polar surface area (TPSA) is 77.2 Å². The zero-order chi connectivity index (χ0) is 10.7. The summed E-state index contributed by atoms with van der Waals surface area (Å²) in [6.45, 7) is 3.58. The lowest BCUT2D eigenvalue weighted by atomic mass is 9.68. The molecule has 2 bridgehead atoms. The van der Waals surface area contributed by atoms with Crippen molar-refractivity contribution in [1.29, 1.82) is 0 Å². The third kappa shape index (κ3) is 0.656. The van der Waals surface area contributed by atoms with Gasteiger partial charge in [-0.2, -0.15) is 0 Å². The summed E-state index contributed by atoms with van der Waals surface area (Å²) in [5.74, 6) is -1.91. The molecule has 2 aliphatic carbocycles. The van der Waals surface area contributed by atoms with E-state index >= 15 is 0 Å². The average molecular weight is 195 g/mol. The molecule has 1 amide bonds. The van der Waals surface area contributed by atoms with Crippen LogP contribution in [0.25, 0.3) is 0 Å². The molecule has 2 fully saturated rings. The Balaban J connectivity index is 2.65. The fraction of sp³-hybridized carbons (Fsp3) is 0.700. The van der Waals surface area contributed by atoms with Crippen molar-refractivity contribution in [3.8, 4) is 0 Å². The summed E-state index contributed by atoms with van der Waals surface area (Å²) in [5.41, 5.74) is 3.48. The Morgan fingerprint density at radius 3 is 2.29 bits per heavy atom. The third-order valence-corrected chi connectivity index (χ3v) is 4.13. The number of ketones is 2. The van der Waals surface area contributed by atoms with E-state index in [1.807, 2.05) is 0 Å². The van der Waals surface area contributed by atoms with E-state index in [2.05, 4.69) is 0 Å². The number of nitrogens with two attached hydrogens (primary N) is 1. The number of carbonyl (C=O) groups excluding carboxylic acids is 3. The first-order chi connectivity index (χ1) is 6.35. The highest BCUT2D eigenvalue weighted by molar-refractivity contribution is 6.47. The molecule has 2 rings (SSSR count). The van der Waals surface area contributed by atoms with Gasteiger partial charge in [0.1, 0.15) is 5.41 Å². The van der Waals surface area contributed by atoms with Gasteiger partial charge in [0.2, 0.25) is 17.5 Å². The minimum Gasteiger partial charge on any atom is -0.369 e. The Hall–Kier alpha value is -1.19. The van der Waals surface area contributed by atoms with Gasteiger partial charge in [-0.1, -0.05) is 13.8 Å². The highest BCUT2D eigenvalue weighted by Gasteiger charge is 2.71. The number of primary amides is 1. The van der Waals surface area contributed by atoms with Crippen LogP contribution in [0.5, 0.6) is 0 Å². The van der Waals surface area contributed by atoms with Crippen LogP contribution >= 0.6 is 0 Å². The molecule has 0 spiro atoms. The van der Waals surface area contributed by atoms with Crippen molar-refractivity contribution in [3.05, 3.63) is 0 Å². The molecule has 0 radical (unpaired) electrons. The molecule has 2 N–H and O–H groups in total. The van der Waals surface area contributed by atoms with E-state index in [1.54, 1.807) is 13.8 Å². The van der Waals surface area contributed by atoms with E-state index in [-0.39, 0.29) is 5.92 Å². The fourth-order valence-corrected chi connectivity index (χ4v) is 3.13. The van der Waals surface area contributed by atoms with Crippen LogP contribution in [0.3, 0.4) is 0 Å². The first kappa shape index (κ1) is 9.37.